The normalized spacial score (nSPS) is 19.4. The summed E-state index contributed by atoms with van der Waals surface area (Å²) in [6, 6.07) is 5.88. The Labute approximate surface area is 89.5 Å². The predicted octanol–water partition coefficient (Wildman–Crippen LogP) is 1.86. The third-order valence-corrected chi connectivity index (χ3v) is 2.45. The molecule has 0 radical (unpaired) electrons. The lowest BCUT2D eigenvalue weighted by atomic mass is 9.97. The van der Waals surface area contributed by atoms with E-state index >= 15 is 0 Å². The minimum atomic E-state index is 0. The van der Waals surface area contributed by atoms with Crippen LogP contribution in [0.5, 0.6) is 11.5 Å². The molecule has 78 valence electrons. The molecule has 0 aromatic heterocycles. The molecule has 0 aliphatic carbocycles. The molecular formula is C10H14ClNO2. The van der Waals surface area contributed by atoms with Crippen LogP contribution in [0.4, 0.5) is 0 Å². The zero-order valence-electron chi connectivity index (χ0n) is 7.99. The van der Waals surface area contributed by atoms with Crippen LogP contribution in [0.2, 0.25) is 0 Å². The Bertz CT molecular complexity index is 313. The number of methoxy groups -OCH3 is 1. The molecule has 14 heavy (non-hydrogen) atoms. The first kappa shape index (κ1) is 11.1. The lowest BCUT2D eigenvalue weighted by Crippen LogP contribution is -2.34. The van der Waals surface area contributed by atoms with Gasteiger partial charge in [-0.2, -0.15) is 0 Å². The molecule has 4 heteroatoms. The van der Waals surface area contributed by atoms with Crippen LogP contribution < -0.4 is 10.1 Å². The van der Waals surface area contributed by atoms with Crippen LogP contribution in [0, 0.1) is 0 Å². The van der Waals surface area contributed by atoms with Crippen LogP contribution in [0.3, 0.4) is 0 Å². The SMILES string of the molecule is COc1cccc([C@@H]2CCN2)c1O.Cl. The molecule has 1 aromatic carbocycles. The molecule has 1 heterocycles. The third-order valence-electron chi connectivity index (χ3n) is 2.45. The largest absolute Gasteiger partial charge is 0.504 e. The van der Waals surface area contributed by atoms with Crippen LogP contribution in [0.1, 0.15) is 18.0 Å². The number of phenolic OH excluding ortho intramolecular Hbond substituents is 1. The Hall–Kier alpha value is -0.930. The summed E-state index contributed by atoms with van der Waals surface area (Å²) < 4.78 is 5.03. The molecular weight excluding hydrogens is 202 g/mol. The standard InChI is InChI=1S/C10H13NO2.ClH/c1-13-9-4-2-3-7(10(9)12)8-5-6-11-8;/h2-4,8,11-12H,5-6H2,1H3;1H/t8-;/m0./s1. The first-order chi connectivity index (χ1) is 6.33. The van der Waals surface area contributed by atoms with E-state index in [0.29, 0.717) is 11.8 Å². The summed E-state index contributed by atoms with van der Waals surface area (Å²) in [5.41, 5.74) is 0.936. The van der Waals surface area contributed by atoms with Gasteiger partial charge in [0.15, 0.2) is 11.5 Å². The van der Waals surface area contributed by atoms with E-state index in [2.05, 4.69) is 5.32 Å². The Balaban J connectivity index is 0.000000980. The van der Waals surface area contributed by atoms with Gasteiger partial charge >= 0.3 is 0 Å². The summed E-state index contributed by atoms with van der Waals surface area (Å²) in [7, 11) is 1.56. The third kappa shape index (κ3) is 1.79. The number of hydrogen-bond donors (Lipinski definition) is 2. The number of hydrogen-bond acceptors (Lipinski definition) is 3. The maximum Gasteiger partial charge on any atom is 0.162 e. The summed E-state index contributed by atoms with van der Waals surface area (Å²) in [6.07, 6.45) is 1.08. The van der Waals surface area contributed by atoms with Gasteiger partial charge < -0.3 is 15.2 Å². The highest BCUT2D eigenvalue weighted by Crippen LogP contribution is 2.36. The Kier molecular flexibility index (Phi) is 3.61. The van der Waals surface area contributed by atoms with Crippen LogP contribution in [0.25, 0.3) is 0 Å². The Morgan fingerprint density at radius 2 is 2.21 bits per heavy atom. The number of rotatable bonds is 2. The number of nitrogens with one attached hydrogen (secondary N) is 1. The van der Waals surface area contributed by atoms with Crippen molar-refractivity contribution in [1.82, 2.24) is 5.32 Å². The van der Waals surface area contributed by atoms with Crippen LogP contribution in [-0.2, 0) is 0 Å². The van der Waals surface area contributed by atoms with Crippen molar-refractivity contribution in [1.29, 1.82) is 0 Å². The van der Waals surface area contributed by atoms with Crippen molar-refractivity contribution >= 4 is 12.4 Å². The lowest BCUT2D eigenvalue weighted by molar-refractivity contribution is 0.342. The number of halogens is 1. The molecule has 3 nitrogen and oxygen atoms in total. The topological polar surface area (TPSA) is 41.5 Å². The molecule has 0 bridgehead atoms. The maximum absolute atomic E-state index is 9.76. The summed E-state index contributed by atoms with van der Waals surface area (Å²) in [6.45, 7) is 1.03. The molecule has 1 aromatic rings. The van der Waals surface area contributed by atoms with Crippen LogP contribution >= 0.6 is 12.4 Å². The zero-order valence-corrected chi connectivity index (χ0v) is 8.80. The minimum Gasteiger partial charge on any atom is -0.504 e. The van der Waals surface area contributed by atoms with Gasteiger partial charge in [-0.1, -0.05) is 12.1 Å². The molecule has 1 fully saturated rings. The second kappa shape index (κ2) is 4.53. The number of benzene rings is 1. The molecule has 1 aliphatic heterocycles. The van der Waals surface area contributed by atoms with E-state index < -0.39 is 0 Å². The fraction of sp³-hybridized carbons (Fsp3) is 0.400. The zero-order chi connectivity index (χ0) is 9.26. The fourth-order valence-corrected chi connectivity index (χ4v) is 1.54. The maximum atomic E-state index is 9.76. The van der Waals surface area contributed by atoms with Gasteiger partial charge in [-0.25, -0.2) is 0 Å². The molecule has 1 aliphatic rings. The van der Waals surface area contributed by atoms with E-state index in [-0.39, 0.29) is 18.2 Å². The quantitative estimate of drug-likeness (QED) is 0.792. The predicted molar refractivity (Wildman–Crippen MR) is 57.3 cm³/mol. The number of phenols is 1. The molecule has 2 N–H and O–H groups in total. The Morgan fingerprint density at radius 3 is 2.71 bits per heavy atom. The van der Waals surface area contributed by atoms with Gasteiger partial charge in [-0.3, -0.25) is 0 Å². The molecule has 0 saturated carbocycles. The first-order valence-corrected chi connectivity index (χ1v) is 4.42. The van der Waals surface area contributed by atoms with Gasteiger partial charge in [0.1, 0.15) is 0 Å². The lowest BCUT2D eigenvalue weighted by Gasteiger charge is -2.28. The van der Waals surface area contributed by atoms with E-state index in [1.54, 1.807) is 13.2 Å². The van der Waals surface area contributed by atoms with Gasteiger partial charge in [0, 0.05) is 11.6 Å². The van der Waals surface area contributed by atoms with Crippen molar-refractivity contribution in [3.63, 3.8) is 0 Å². The van der Waals surface area contributed by atoms with E-state index in [1.807, 2.05) is 12.1 Å². The molecule has 0 unspecified atom stereocenters. The molecule has 1 saturated heterocycles. The van der Waals surface area contributed by atoms with Gasteiger partial charge in [0.05, 0.1) is 7.11 Å². The summed E-state index contributed by atoms with van der Waals surface area (Å²) in [4.78, 5) is 0. The second-order valence-corrected chi connectivity index (χ2v) is 3.19. The highest BCUT2D eigenvalue weighted by molar-refractivity contribution is 5.85. The summed E-state index contributed by atoms with van der Waals surface area (Å²) in [5, 5.41) is 13.0. The van der Waals surface area contributed by atoms with E-state index in [9.17, 15) is 5.11 Å². The van der Waals surface area contributed by atoms with Crippen molar-refractivity contribution in [3.8, 4) is 11.5 Å². The summed E-state index contributed by atoms with van der Waals surface area (Å²) >= 11 is 0. The average Bonchev–Trinajstić information content (AvgIpc) is 2.05. The first-order valence-electron chi connectivity index (χ1n) is 4.42. The van der Waals surface area contributed by atoms with E-state index in [0.717, 1.165) is 18.5 Å². The molecule has 0 spiro atoms. The van der Waals surface area contributed by atoms with Gasteiger partial charge in [0.25, 0.3) is 0 Å². The van der Waals surface area contributed by atoms with Gasteiger partial charge in [-0.15, -0.1) is 12.4 Å². The highest BCUT2D eigenvalue weighted by Gasteiger charge is 2.22. The van der Waals surface area contributed by atoms with Crippen molar-refractivity contribution < 1.29 is 9.84 Å². The average molecular weight is 216 g/mol. The highest BCUT2D eigenvalue weighted by atomic mass is 35.5. The van der Waals surface area contributed by atoms with E-state index in [1.165, 1.54) is 0 Å². The van der Waals surface area contributed by atoms with Crippen LogP contribution in [-0.4, -0.2) is 18.8 Å². The molecule has 0 amide bonds. The molecule has 2 rings (SSSR count). The minimum absolute atomic E-state index is 0. The molecule has 1 atom stereocenters. The van der Waals surface area contributed by atoms with Crippen molar-refractivity contribution in [2.75, 3.05) is 13.7 Å². The summed E-state index contributed by atoms with van der Waals surface area (Å²) in [5.74, 6) is 0.813. The number of aromatic hydroxyl groups is 1. The van der Waals surface area contributed by atoms with Crippen LogP contribution in [0.15, 0.2) is 18.2 Å². The fourth-order valence-electron chi connectivity index (χ4n) is 1.54. The van der Waals surface area contributed by atoms with Crippen molar-refractivity contribution in [2.45, 2.75) is 12.5 Å². The smallest absolute Gasteiger partial charge is 0.162 e. The second-order valence-electron chi connectivity index (χ2n) is 3.19. The number of ether oxygens (including phenoxy) is 1. The van der Waals surface area contributed by atoms with Crippen molar-refractivity contribution in [2.24, 2.45) is 0 Å². The number of para-hydroxylation sites is 1. The van der Waals surface area contributed by atoms with Gasteiger partial charge in [-0.05, 0) is 19.0 Å². The van der Waals surface area contributed by atoms with Crippen molar-refractivity contribution in [3.05, 3.63) is 23.8 Å². The Morgan fingerprint density at radius 1 is 1.50 bits per heavy atom. The van der Waals surface area contributed by atoms with E-state index in [4.69, 9.17) is 4.74 Å². The van der Waals surface area contributed by atoms with Gasteiger partial charge in [0.2, 0.25) is 0 Å². The monoisotopic (exact) mass is 215 g/mol.